The molecule has 0 aromatic heterocycles. The van der Waals surface area contributed by atoms with Crippen molar-refractivity contribution in [2.75, 3.05) is 6.61 Å². The van der Waals surface area contributed by atoms with Crippen LogP contribution >= 0.6 is 0 Å². The van der Waals surface area contributed by atoms with Crippen LogP contribution in [0.5, 0.6) is 5.75 Å². The Bertz CT molecular complexity index is 289. The van der Waals surface area contributed by atoms with Crippen molar-refractivity contribution >= 4 is 13.3 Å². The molecule has 0 aliphatic heterocycles. The van der Waals surface area contributed by atoms with Crippen LogP contribution < -0.4 is 9.92 Å². The van der Waals surface area contributed by atoms with Crippen LogP contribution in [-0.2, 0) is 0 Å². The molecule has 0 fully saturated rings. The highest BCUT2D eigenvalue weighted by atomic mass is 28.3. The Labute approximate surface area is 88.1 Å². The summed E-state index contributed by atoms with van der Waals surface area (Å²) in [5, 5.41) is 1.42. The standard InChI is InChI=1S/C12H20OSi/c1-5-10-13-11-8-6-7-9-12(11)14(2,3)4/h6-9H,5,10H2,1-4H3. The van der Waals surface area contributed by atoms with Gasteiger partial charge < -0.3 is 4.74 Å². The van der Waals surface area contributed by atoms with Gasteiger partial charge in [0.2, 0.25) is 0 Å². The van der Waals surface area contributed by atoms with Gasteiger partial charge in [0.1, 0.15) is 5.75 Å². The fourth-order valence-corrected chi connectivity index (χ4v) is 2.92. The van der Waals surface area contributed by atoms with Crippen molar-refractivity contribution in [1.29, 1.82) is 0 Å². The van der Waals surface area contributed by atoms with Crippen molar-refractivity contribution in [2.45, 2.75) is 33.0 Å². The summed E-state index contributed by atoms with van der Waals surface area (Å²) in [7, 11) is -1.25. The van der Waals surface area contributed by atoms with Crippen molar-refractivity contribution < 1.29 is 4.74 Å². The first-order valence-electron chi connectivity index (χ1n) is 5.28. The molecule has 0 aliphatic carbocycles. The molecule has 0 N–H and O–H groups in total. The average Bonchev–Trinajstić information content (AvgIpc) is 2.14. The Morgan fingerprint density at radius 2 is 1.79 bits per heavy atom. The first kappa shape index (κ1) is 11.3. The summed E-state index contributed by atoms with van der Waals surface area (Å²) < 4.78 is 5.75. The van der Waals surface area contributed by atoms with Gasteiger partial charge in [0.25, 0.3) is 0 Å². The molecule has 1 rings (SSSR count). The van der Waals surface area contributed by atoms with E-state index in [-0.39, 0.29) is 0 Å². The molecule has 0 aliphatic rings. The fourth-order valence-electron chi connectivity index (χ4n) is 1.42. The van der Waals surface area contributed by atoms with Gasteiger partial charge in [-0.25, -0.2) is 0 Å². The van der Waals surface area contributed by atoms with Gasteiger partial charge in [-0.3, -0.25) is 0 Å². The molecule has 0 amide bonds. The van der Waals surface area contributed by atoms with Crippen LogP contribution in [0.1, 0.15) is 13.3 Å². The molecule has 0 unspecified atom stereocenters. The molecule has 0 saturated carbocycles. The van der Waals surface area contributed by atoms with Gasteiger partial charge >= 0.3 is 0 Å². The predicted octanol–water partition coefficient (Wildman–Crippen LogP) is 3.02. The Morgan fingerprint density at radius 1 is 1.14 bits per heavy atom. The maximum atomic E-state index is 5.75. The topological polar surface area (TPSA) is 9.23 Å². The minimum absolute atomic E-state index is 0.821. The minimum atomic E-state index is -1.25. The lowest BCUT2D eigenvalue weighted by atomic mass is 10.3. The van der Waals surface area contributed by atoms with E-state index >= 15 is 0 Å². The van der Waals surface area contributed by atoms with Crippen molar-refractivity contribution in [2.24, 2.45) is 0 Å². The molecule has 1 aromatic carbocycles. The van der Waals surface area contributed by atoms with E-state index in [4.69, 9.17) is 4.74 Å². The van der Waals surface area contributed by atoms with Crippen LogP contribution in [0.4, 0.5) is 0 Å². The summed E-state index contributed by atoms with van der Waals surface area (Å²) >= 11 is 0. The van der Waals surface area contributed by atoms with Crippen LogP contribution in [0.25, 0.3) is 0 Å². The quantitative estimate of drug-likeness (QED) is 0.691. The first-order chi connectivity index (χ1) is 6.55. The number of rotatable bonds is 4. The summed E-state index contributed by atoms with van der Waals surface area (Å²) in [6.45, 7) is 10.0. The Kier molecular flexibility index (Phi) is 3.75. The highest BCUT2D eigenvalue weighted by Crippen LogP contribution is 2.13. The zero-order valence-electron chi connectivity index (χ0n) is 9.63. The second kappa shape index (κ2) is 4.65. The van der Waals surface area contributed by atoms with E-state index in [2.05, 4.69) is 50.8 Å². The van der Waals surface area contributed by atoms with E-state index in [1.165, 1.54) is 5.19 Å². The first-order valence-corrected chi connectivity index (χ1v) is 8.78. The molecule has 1 aromatic rings. The summed E-state index contributed by atoms with van der Waals surface area (Å²) in [5.41, 5.74) is 0. The normalized spacial score (nSPS) is 11.4. The lowest BCUT2D eigenvalue weighted by Crippen LogP contribution is -2.38. The molecule has 0 bridgehead atoms. The lowest BCUT2D eigenvalue weighted by molar-refractivity contribution is 0.320. The molecule has 1 nitrogen and oxygen atoms in total. The minimum Gasteiger partial charge on any atom is -0.494 e. The molecule has 0 atom stereocenters. The second-order valence-electron chi connectivity index (χ2n) is 4.59. The Morgan fingerprint density at radius 3 is 2.36 bits per heavy atom. The maximum absolute atomic E-state index is 5.75. The zero-order valence-corrected chi connectivity index (χ0v) is 10.6. The number of hydrogen-bond acceptors (Lipinski definition) is 1. The van der Waals surface area contributed by atoms with E-state index < -0.39 is 8.07 Å². The monoisotopic (exact) mass is 208 g/mol. The van der Waals surface area contributed by atoms with Crippen LogP contribution in [0.15, 0.2) is 24.3 Å². The molecule has 0 spiro atoms. The van der Waals surface area contributed by atoms with E-state index in [9.17, 15) is 0 Å². The Hall–Kier alpha value is -0.763. The highest BCUT2D eigenvalue weighted by Gasteiger charge is 2.20. The largest absolute Gasteiger partial charge is 0.494 e. The fraction of sp³-hybridized carbons (Fsp3) is 0.500. The number of para-hydroxylation sites is 1. The molecule has 78 valence electrons. The molecular formula is C12H20OSi. The van der Waals surface area contributed by atoms with Crippen LogP contribution in [-0.4, -0.2) is 14.7 Å². The summed E-state index contributed by atoms with van der Waals surface area (Å²) in [4.78, 5) is 0. The average molecular weight is 208 g/mol. The van der Waals surface area contributed by atoms with Gasteiger partial charge in [-0.1, -0.05) is 44.8 Å². The molecule has 0 heterocycles. The Balaban J connectivity index is 2.92. The van der Waals surface area contributed by atoms with Crippen molar-refractivity contribution in [1.82, 2.24) is 0 Å². The lowest BCUT2D eigenvalue weighted by Gasteiger charge is -2.20. The SMILES string of the molecule is CCCOc1ccccc1[Si](C)(C)C. The molecule has 0 saturated heterocycles. The zero-order chi connectivity index (χ0) is 10.6. The van der Waals surface area contributed by atoms with Crippen molar-refractivity contribution in [3.05, 3.63) is 24.3 Å². The van der Waals surface area contributed by atoms with Crippen LogP contribution in [0.3, 0.4) is 0 Å². The van der Waals surface area contributed by atoms with Crippen LogP contribution in [0, 0.1) is 0 Å². The summed E-state index contributed by atoms with van der Waals surface area (Å²) in [6, 6.07) is 8.45. The predicted molar refractivity (Wildman–Crippen MR) is 65.2 cm³/mol. The molecule has 0 radical (unpaired) electrons. The molecule has 2 heteroatoms. The third-order valence-electron chi connectivity index (χ3n) is 2.16. The number of ether oxygens (including phenoxy) is 1. The van der Waals surface area contributed by atoms with Gasteiger partial charge in [-0.05, 0) is 17.7 Å². The van der Waals surface area contributed by atoms with Gasteiger partial charge in [0.15, 0.2) is 0 Å². The third kappa shape index (κ3) is 2.88. The van der Waals surface area contributed by atoms with Gasteiger partial charge in [-0.15, -0.1) is 0 Å². The number of hydrogen-bond donors (Lipinski definition) is 0. The second-order valence-corrected chi connectivity index (χ2v) is 9.63. The maximum Gasteiger partial charge on any atom is 0.118 e. The highest BCUT2D eigenvalue weighted by molar-refractivity contribution is 6.89. The summed E-state index contributed by atoms with van der Waals surface area (Å²) in [6.07, 6.45) is 1.07. The van der Waals surface area contributed by atoms with E-state index in [1.807, 2.05) is 0 Å². The third-order valence-corrected chi connectivity index (χ3v) is 4.19. The number of benzene rings is 1. The van der Waals surface area contributed by atoms with E-state index in [0.29, 0.717) is 0 Å². The van der Waals surface area contributed by atoms with E-state index in [1.54, 1.807) is 0 Å². The van der Waals surface area contributed by atoms with E-state index in [0.717, 1.165) is 18.8 Å². The van der Waals surface area contributed by atoms with Crippen LogP contribution in [0.2, 0.25) is 19.6 Å². The van der Waals surface area contributed by atoms with Gasteiger partial charge in [-0.2, -0.15) is 0 Å². The van der Waals surface area contributed by atoms with Crippen molar-refractivity contribution in [3.8, 4) is 5.75 Å². The smallest absolute Gasteiger partial charge is 0.118 e. The van der Waals surface area contributed by atoms with Gasteiger partial charge in [0, 0.05) is 0 Å². The van der Waals surface area contributed by atoms with Crippen molar-refractivity contribution in [3.63, 3.8) is 0 Å². The molecular weight excluding hydrogens is 188 g/mol. The van der Waals surface area contributed by atoms with Gasteiger partial charge in [0.05, 0.1) is 14.7 Å². The summed E-state index contributed by atoms with van der Waals surface area (Å²) in [5.74, 6) is 1.09. The molecule has 14 heavy (non-hydrogen) atoms.